The Hall–Kier alpha value is -3.60. The van der Waals surface area contributed by atoms with Gasteiger partial charge in [0.05, 0.1) is 12.3 Å². The number of hydrogen-bond donors (Lipinski definition) is 2. The SMILES string of the molecule is CCOc1ccccc1NC(=O)c1cccc(C(=O)Nc2ccccc2CC)c1. The van der Waals surface area contributed by atoms with Gasteiger partial charge in [-0.2, -0.15) is 0 Å². The largest absolute Gasteiger partial charge is 0.492 e. The third kappa shape index (κ3) is 5.02. The van der Waals surface area contributed by atoms with E-state index in [-0.39, 0.29) is 11.8 Å². The zero-order chi connectivity index (χ0) is 20.6. The Morgan fingerprint density at radius 1 is 0.759 bits per heavy atom. The second-order valence-electron chi connectivity index (χ2n) is 6.43. The first kappa shape index (κ1) is 20.1. The molecule has 0 bridgehead atoms. The number of amides is 2. The van der Waals surface area contributed by atoms with Crippen LogP contribution in [0.5, 0.6) is 5.75 Å². The lowest BCUT2D eigenvalue weighted by Crippen LogP contribution is -2.16. The number of anilines is 2. The van der Waals surface area contributed by atoms with Crippen LogP contribution in [0.4, 0.5) is 11.4 Å². The molecule has 0 spiro atoms. The minimum absolute atomic E-state index is 0.254. The van der Waals surface area contributed by atoms with Crippen LogP contribution < -0.4 is 15.4 Å². The van der Waals surface area contributed by atoms with Crippen LogP contribution in [0.3, 0.4) is 0 Å². The van der Waals surface area contributed by atoms with Gasteiger partial charge in [-0.05, 0) is 55.3 Å². The van der Waals surface area contributed by atoms with Crippen molar-refractivity contribution in [3.8, 4) is 5.75 Å². The van der Waals surface area contributed by atoms with E-state index < -0.39 is 0 Å². The van der Waals surface area contributed by atoms with Crippen molar-refractivity contribution in [2.75, 3.05) is 17.2 Å². The summed E-state index contributed by atoms with van der Waals surface area (Å²) in [5.74, 6) is 0.0458. The molecule has 2 amide bonds. The van der Waals surface area contributed by atoms with Crippen LogP contribution in [-0.4, -0.2) is 18.4 Å². The van der Waals surface area contributed by atoms with Crippen molar-refractivity contribution in [3.05, 3.63) is 89.5 Å². The number of nitrogens with one attached hydrogen (secondary N) is 2. The summed E-state index contributed by atoms with van der Waals surface area (Å²) < 4.78 is 5.55. The average Bonchev–Trinajstić information content (AvgIpc) is 2.75. The highest BCUT2D eigenvalue weighted by Crippen LogP contribution is 2.24. The molecular formula is C24H24N2O3. The number of aryl methyl sites for hydroxylation is 1. The predicted molar refractivity (Wildman–Crippen MR) is 116 cm³/mol. The van der Waals surface area contributed by atoms with Gasteiger partial charge in [0.25, 0.3) is 11.8 Å². The maximum Gasteiger partial charge on any atom is 0.255 e. The summed E-state index contributed by atoms with van der Waals surface area (Å²) in [5.41, 5.74) is 3.24. The van der Waals surface area contributed by atoms with Gasteiger partial charge in [0.2, 0.25) is 0 Å². The Balaban J connectivity index is 1.77. The molecule has 0 aliphatic rings. The zero-order valence-electron chi connectivity index (χ0n) is 16.6. The highest BCUT2D eigenvalue weighted by atomic mass is 16.5. The van der Waals surface area contributed by atoms with Gasteiger partial charge in [-0.25, -0.2) is 0 Å². The third-order valence-electron chi connectivity index (χ3n) is 4.47. The second kappa shape index (κ2) is 9.55. The van der Waals surface area contributed by atoms with Crippen LogP contribution in [0.2, 0.25) is 0 Å². The number of ether oxygens (including phenoxy) is 1. The van der Waals surface area contributed by atoms with E-state index in [9.17, 15) is 9.59 Å². The Labute approximate surface area is 170 Å². The third-order valence-corrected chi connectivity index (χ3v) is 4.47. The fraction of sp³-hybridized carbons (Fsp3) is 0.167. The summed E-state index contributed by atoms with van der Waals surface area (Å²) >= 11 is 0. The molecule has 5 nitrogen and oxygen atoms in total. The maximum absolute atomic E-state index is 12.7. The Morgan fingerprint density at radius 3 is 2.00 bits per heavy atom. The minimum Gasteiger partial charge on any atom is -0.492 e. The molecule has 3 rings (SSSR count). The fourth-order valence-electron chi connectivity index (χ4n) is 2.99. The van der Waals surface area contributed by atoms with Crippen molar-refractivity contribution in [2.45, 2.75) is 20.3 Å². The molecule has 29 heavy (non-hydrogen) atoms. The Kier molecular flexibility index (Phi) is 6.63. The molecule has 0 fully saturated rings. The summed E-state index contributed by atoms with van der Waals surface area (Å²) in [7, 11) is 0. The maximum atomic E-state index is 12.7. The van der Waals surface area contributed by atoms with Gasteiger partial charge in [-0.1, -0.05) is 43.3 Å². The number of carbonyl (C=O) groups excluding carboxylic acids is 2. The average molecular weight is 388 g/mol. The molecule has 0 unspecified atom stereocenters. The van der Waals surface area contributed by atoms with Crippen LogP contribution in [0.15, 0.2) is 72.8 Å². The van der Waals surface area contributed by atoms with Crippen LogP contribution in [0.1, 0.15) is 40.1 Å². The normalized spacial score (nSPS) is 10.3. The Bertz CT molecular complexity index is 1010. The molecule has 2 N–H and O–H groups in total. The van der Waals surface area contributed by atoms with Crippen molar-refractivity contribution in [2.24, 2.45) is 0 Å². The fourth-order valence-corrected chi connectivity index (χ4v) is 2.99. The van der Waals surface area contributed by atoms with Crippen LogP contribution in [-0.2, 0) is 6.42 Å². The van der Waals surface area contributed by atoms with Crippen LogP contribution >= 0.6 is 0 Å². The zero-order valence-corrected chi connectivity index (χ0v) is 16.6. The van der Waals surface area contributed by atoms with Gasteiger partial charge >= 0.3 is 0 Å². The van der Waals surface area contributed by atoms with Gasteiger partial charge in [0, 0.05) is 16.8 Å². The molecule has 0 aliphatic heterocycles. The van der Waals surface area contributed by atoms with Gasteiger partial charge in [-0.15, -0.1) is 0 Å². The highest BCUT2D eigenvalue weighted by Gasteiger charge is 2.13. The van der Waals surface area contributed by atoms with E-state index in [1.165, 1.54) is 0 Å². The van der Waals surface area contributed by atoms with Crippen molar-refractivity contribution in [3.63, 3.8) is 0 Å². The van der Waals surface area contributed by atoms with E-state index in [1.54, 1.807) is 36.4 Å². The van der Waals surface area contributed by atoms with E-state index in [1.807, 2.05) is 50.2 Å². The molecule has 3 aromatic carbocycles. The monoisotopic (exact) mass is 388 g/mol. The van der Waals surface area contributed by atoms with Crippen LogP contribution in [0, 0.1) is 0 Å². The van der Waals surface area contributed by atoms with Gasteiger partial charge < -0.3 is 15.4 Å². The lowest BCUT2D eigenvalue weighted by molar-refractivity contribution is 0.102. The van der Waals surface area contributed by atoms with E-state index in [2.05, 4.69) is 10.6 Å². The first-order valence-corrected chi connectivity index (χ1v) is 9.64. The number of benzene rings is 3. The standard InChI is InChI=1S/C24H24N2O3/c1-3-17-10-5-6-13-20(17)25-23(27)18-11-9-12-19(16-18)24(28)26-21-14-7-8-15-22(21)29-4-2/h5-16H,3-4H2,1-2H3,(H,25,27)(H,26,28). The van der Waals surface area contributed by atoms with Crippen molar-refractivity contribution in [1.29, 1.82) is 0 Å². The van der Waals surface area contributed by atoms with Gasteiger partial charge in [0.15, 0.2) is 0 Å². The predicted octanol–water partition coefficient (Wildman–Crippen LogP) is 5.15. The molecule has 0 heterocycles. The molecule has 0 saturated carbocycles. The Morgan fingerprint density at radius 2 is 1.34 bits per heavy atom. The summed E-state index contributed by atoms with van der Waals surface area (Å²) in [6.45, 7) is 4.43. The summed E-state index contributed by atoms with van der Waals surface area (Å²) in [4.78, 5) is 25.4. The topological polar surface area (TPSA) is 67.4 Å². The van der Waals surface area contributed by atoms with E-state index in [0.717, 1.165) is 17.7 Å². The first-order valence-electron chi connectivity index (χ1n) is 9.64. The van der Waals surface area contributed by atoms with E-state index in [0.29, 0.717) is 29.2 Å². The van der Waals surface area contributed by atoms with Gasteiger partial charge in [0.1, 0.15) is 5.75 Å². The van der Waals surface area contributed by atoms with Crippen molar-refractivity contribution in [1.82, 2.24) is 0 Å². The molecule has 0 radical (unpaired) electrons. The quantitative estimate of drug-likeness (QED) is 0.588. The molecule has 0 atom stereocenters. The molecule has 0 saturated heterocycles. The lowest BCUT2D eigenvalue weighted by atomic mass is 10.1. The summed E-state index contributed by atoms with van der Waals surface area (Å²) in [6, 6.07) is 21.6. The molecule has 148 valence electrons. The van der Waals surface area contributed by atoms with Crippen molar-refractivity contribution >= 4 is 23.2 Å². The number of rotatable bonds is 7. The minimum atomic E-state index is -0.305. The van der Waals surface area contributed by atoms with Crippen LogP contribution in [0.25, 0.3) is 0 Å². The van der Waals surface area contributed by atoms with E-state index >= 15 is 0 Å². The number of carbonyl (C=O) groups is 2. The number of hydrogen-bond acceptors (Lipinski definition) is 3. The smallest absolute Gasteiger partial charge is 0.255 e. The van der Waals surface area contributed by atoms with E-state index in [4.69, 9.17) is 4.74 Å². The number of para-hydroxylation sites is 3. The van der Waals surface area contributed by atoms with Gasteiger partial charge in [-0.3, -0.25) is 9.59 Å². The molecule has 5 heteroatoms. The first-order chi connectivity index (χ1) is 14.1. The van der Waals surface area contributed by atoms with Crippen molar-refractivity contribution < 1.29 is 14.3 Å². The summed E-state index contributed by atoms with van der Waals surface area (Å²) in [6.07, 6.45) is 0.818. The molecule has 0 aromatic heterocycles. The molecule has 0 aliphatic carbocycles. The second-order valence-corrected chi connectivity index (χ2v) is 6.43. The summed E-state index contributed by atoms with van der Waals surface area (Å²) in [5, 5.41) is 5.78. The highest BCUT2D eigenvalue weighted by molar-refractivity contribution is 6.09. The molecule has 3 aromatic rings. The lowest BCUT2D eigenvalue weighted by Gasteiger charge is -2.12. The molecular weight excluding hydrogens is 364 g/mol.